The van der Waals surface area contributed by atoms with E-state index in [9.17, 15) is 0 Å². The van der Waals surface area contributed by atoms with Crippen LogP contribution in [0.2, 0.25) is 0 Å². The molecule has 0 amide bonds. The molecule has 2 aliphatic heterocycles. The van der Waals surface area contributed by atoms with E-state index < -0.39 is 0 Å². The Morgan fingerprint density at radius 2 is 1.92 bits per heavy atom. The fourth-order valence-corrected chi connectivity index (χ4v) is 7.20. The Hall–Kier alpha value is -2.84. The second-order valence-electron chi connectivity index (χ2n) is 10.3. The van der Waals surface area contributed by atoms with Gasteiger partial charge in [-0.2, -0.15) is 5.10 Å². The summed E-state index contributed by atoms with van der Waals surface area (Å²) in [6.07, 6.45) is 10.1. The van der Waals surface area contributed by atoms with E-state index in [0.717, 1.165) is 67.4 Å². The summed E-state index contributed by atoms with van der Waals surface area (Å²) in [4.78, 5) is 13.1. The van der Waals surface area contributed by atoms with Crippen LogP contribution in [0.4, 0.5) is 5.82 Å². The average molecular weight is 502 g/mol. The zero-order valence-corrected chi connectivity index (χ0v) is 22.5. The van der Waals surface area contributed by atoms with E-state index in [4.69, 9.17) is 15.8 Å². The Labute approximate surface area is 217 Å². The van der Waals surface area contributed by atoms with Gasteiger partial charge in [0.25, 0.3) is 0 Å². The minimum absolute atomic E-state index is 0.0644. The van der Waals surface area contributed by atoms with Gasteiger partial charge in [-0.05, 0) is 68.9 Å². The van der Waals surface area contributed by atoms with Crippen LogP contribution in [0.25, 0.3) is 5.52 Å². The number of aromatic nitrogens is 5. The van der Waals surface area contributed by atoms with Gasteiger partial charge in [0.05, 0.1) is 29.1 Å². The van der Waals surface area contributed by atoms with Gasteiger partial charge >= 0.3 is 0 Å². The number of piperidine rings is 1. The average Bonchev–Trinajstić information content (AvgIpc) is 3.57. The van der Waals surface area contributed by atoms with E-state index in [1.165, 1.54) is 27.4 Å². The van der Waals surface area contributed by atoms with Gasteiger partial charge in [-0.3, -0.25) is 9.67 Å². The molecule has 4 aromatic rings. The highest BCUT2D eigenvalue weighted by molar-refractivity contribution is 7.99. The Morgan fingerprint density at radius 1 is 1.11 bits per heavy atom. The summed E-state index contributed by atoms with van der Waals surface area (Å²) in [6, 6.07) is 6.45. The fourth-order valence-electron chi connectivity index (χ4n) is 6.18. The van der Waals surface area contributed by atoms with Gasteiger partial charge in [-0.1, -0.05) is 25.6 Å². The van der Waals surface area contributed by atoms with Crippen molar-refractivity contribution in [2.45, 2.75) is 75.9 Å². The standard InChI is InChI=1S/C28H35N7S/c1-5-20-21(6-2)32-35-17-28(26(29)25(20)35)10-14-33(15-11-28)27-22-8-7-13-34(22)24(16-31-27)36-23-9-12-30-19(4)18(23)3/h7-9,12-13,16,26H,5-6,10-11,14-15,17,29H2,1-4H3/t26-/m1/s1. The minimum Gasteiger partial charge on any atom is -0.355 e. The predicted molar refractivity (Wildman–Crippen MR) is 145 cm³/mol. The van der Waals surface area contributed by atoms with Crippen molar-refractivity contribution in [2.75, 3.05) is 18.0 Å². The highest BCUT2D eigenvalue weighted by Crippen LogP contribution is 2.50. The molecule has 0 radical (unpaired) electrons. The van der Waals surface area contributed by atoms with Crippen LogP contribution in [0.3, 0.4) is 0 Å². The number of nitrogens with two attached hydrogens (primary N) is 1. The maximum absolute atomic E-state index is 6.97. The topological polar surface area (TPSA) is 77.3 Å². The summed E-state index contributed by atoms with van der Waals surface area (Å²) >= 11 is 1.75. The molecule has 188 valence electrons. The Morgan fingerprint density at radius 3 is 2.67 bits per heavy atom. The summed E-state index contributed by atoms with van der Waals surface area (Å²) in [5.41, 5.74) is 14.4. The van der Waals surface area contributed by atoms with Gasteiger partial charge in [-0.25, -0.2) is 4.98 Å². The van der Waals surface area contributed by atoms with E-state index in [1.54, 1.807) is 11.8 Å². The molecule has 2 aliphatic rings. The predicted octanol–water partition coefficient (Wildman–Crippen LogP) is 5.12. The number of rotatable bonds is 5. The van der Waals surface area contributed by atoms with Crippen LogP contribution in [-0.2, 0) is 19.4 Å². The maximum Gasteiger partial charge on any atom is 0.153 e. The van der Waals surface area contributed by atoms with Crippen molar-refractivity contribution in [1.29, 1.82) is 0 Å². The van der Waals surface area contributed by atoms with Crippen molar-refractivity contribution >= 4 is 23.1 Å². The second-order valence-corrected chi connectivity index (χ2v) is 11.4. The second kappa shape index (κ2) is 8.92. The largest absolute Gasteiger partial charge is 0.355 e. The normalized spacial score (nSPS) is 18.9. The van der Waals surface area contributed by atoms with Gasteiger partial charge in [-0.15, -0.1) is 0 Å². The molecule has 8 heteroatoms. The minimum atomic E-state index is 0.0644. The zero-order valence-electron chi connectivity index (χ0n) is 21.7. The first-order valence-corrected chi connectivity index (χ1v) is 13.9. The SMILES string of the molecule is CCc1nn2c(c1CC)[C@@H](N)C1(CCN(c3ncc(Sc4ccnc(C)c4C)n4cccc34)CC1)C2. The number of nitrogens with zero attached hydrogens (tertiary/aromatic N) is 6. The Kier molecular flexibility index (Phi) is 5.84. The summed E-state index contributed by atoms with van der Waals surface area (Å²) in [7, 11) is 0. The van der Waals surface area contributed by atoms with E-state index in [2.05, 4.69) is 71.1 Å². The van der Waals surface area contributed by atoms with Crippen LogP contribution < -0.4 is 10.6 Å². The highest BCUT2D eigenvalue weighted by atomic mass is 32.2. The summed E-state index contributed by atoms with van der Waals surface area (Å²) in [5.74, 6) is 1.06. The van der Waals surface area contributed by atoms with Crippen molar-refractivity contribution in [2.24, 2.45) is 11.1 Å². The quantitative estimate of drug-likeness (QED) is 0.409. The van der Waals surface area contributed by atoms with Gasteiger partial charge < -0.3 is 15.0 Å². The summed E-state index contributed by atoms with van der Waals surface area (Å²) in [5, 5.41) is 6.06. The lowest BCUT2D eigenvalue weighted by Gasteiger charge is -2.42. The third kappa shape index (κ3) is 3.57. The van der Waals surface area contributed by atoms with Crippen LogP contribution in [-0.4, -0.2) is 37.2 Å². The molecular formula is C28H35N7S. The molecule has 36 heavy (non-hydrogen) atoms. The molecule has 0 saturated carbocycles. The van der Waals surface area contributed by atoms with Crippen molar-refractivity contribution in [3.63, 3.8) is 0 Å². The molecule has 0 aromatic carbocycles. The molecule has 0 unspecified atom stereocenters. The lowest BCUT2D eigenvalue weighted by Crippen LogP contribution is -2.45. The number of fused-ring (bicyclic) bond motifs is 2. The van der Waals surface area contributed by atoms with Crippen LogP contribution in [0.1, 0.15) is 60.9 Å². The maximum atomic E-state index is 6.97. The van der Waals surface area contributed by atoms with E-state index >= 15 is 0 Å². The van der Waals surface area contributed by atoms with Crippen molar-refractivity contribution in [3.8, 4) is 0 Å². The summed E-state index contributed by atoms with van der Waals surface area (Å²) in [6.45, 7) is 11.5. The highest BCUT2D eigenvalue weighted by Gasteiger charge is 2.48. The number of hydrogen-bond acceptors (Lipinski definition) is 6. The molecule has 7 nitrogen and oxygen atoms in total. The number of pyridine rings is 1. The van der Waals surface area contributed by atoms with E-state index in [0.29, 0.717) is 0 Å². The molecule has 1 fully saturated rings. The molecule has 2 N–H and O–H groups in total. The molecule has 1 atom stereocenters. The fraction of sp³-hybridized carbons (Fsp3) is 0.464. The van der Waals surface area contributed by atoms with Gasteiger partial charge in [0.15, 0.2) is 5.82 Å². The molecule has 4 aromatic heterocycles. The van der Waals surface area contributed by atoms with Crippen LogP contribution in [0.5, 0.6) is 0 Å². The zero-order chi connectivity index (χ0) is 25.0. The van der Waals surface area contributed by atoms with Crippen LogP contribution in [0.15, 0.2) is 46.7 Å². The third-order valence-corrected chi connectivity index (χ3v) is 9.65. The lowest BCUT2D eigenvalue weighted by molar-refractivity contribution is 0.170. The molecule has 6 heterocycles. The van der Waals surface area contributed by atoms with E-state index in [-0.39, 0.29) is 11.5 Å². The summed E-state index contributed by atoms with van der Waals surface area (Å²) < 4.78 is 4.50. The Balaban J connectivity index is 1.24. The molecule has 1 spiro atoms. The van der Waals surface area contributed by atoms with Crippen molar-refractivity contribution < 1.29 is 0 Å². The van der Waals surface area contributed by atoms with Gasteiger partial charge in [0.1, 0.15) is 5.03 Å². The van der Waals surface area contributed by atoms with Crippen molar-refractivity contribution in [3.05, 3.63) is 65.0 Å². The van der Waals surface area contributed by atoms with E-state index in [1.807, 2.05) is 12.4 Å². The molecule has 0 aliphatic carbocycles. The lowest BCUT2D eigenvalue weighted by atomic mass is 9.73. The first-order chi connectivity index (χ1) is 17.5. The van der Waals surface area contributed by atoms with Crippen LogP contribution in [0, 0.1) is 19.3 Å². The molecule has 1 saturated heterocycles. The molecule has 6 rings (SSSR count). The third-order valence-electron chi connectivity index (χ3n) is 8.48. The molecule has 0 bridgehead atoms. The first-order valence-electron chi connectivity index (χ1n) is 13.1. The van der Waals surface area contributed by atoms with Gasteiger partial charge in [0, 0.05) is 48.0 Å². The number of anilines is 1. The van der Waals surface area contributed by atoms with Crippen molar-refractivity contribution in [1.82, 2.24) is 24.1 Å². The monoisotopic (exact) mass is 501 g/mol. The van der Waals surface area contributed by atoms with Gasteiger partial charge in [0.2, 0.25) is 0 Å². The first kappa shape index (κ1) is 23.6. The van der Waals surface area contributed by atoms with Crippen LogP contribution >= 0.6 is 11.8 Å². The Bertz CT molecular complexity index is 1430. The number of aryl methyl sites for hydroxylation is 2. The molecular weight excluding hydrogens is 466 g/mol. The smallest absolute Gasteiger partial charge is 0.153 e. The number of hydrogen-bond donors (Lipinski definition) is 1.